The predicted molar refractivity (Wildman–Crippen MR) is 41.5 cm³/mol. The van der Waals surface area contributed by atoms with Gasteiger partial charge in [-0.15, -0.1) is 0 Å². The topological polar surface area (TPSA) is 26.1 Å². The van der Waals surface area contributed by atoms with Crippen LogP contribution in [0.4, 0.5) is 5.69 Å². The Hall–Kier alpha value is -1.31. The number of hydrogen-bond donors (Lipinski definition) is 0. The highest BCUT2D eigenvalue weighted by atomic mass is 16.5. The molecule has 0 saturated heterocycles. The van der Waals surface area contributed by atoms with Gasteiger partial charge >= 0.3 is 0 Å². The van der Waals surface area contributed by atoms with E-state index >= 15 is 0 Å². The zero-order chi connectivity index (χ0) is 7.40. The molecule has 52 valence electrons. The van der Waals surface area contributed by atoms with Crippen molar-refractivity contribution in [2.24, 2.45) is 0 Å². The molecule has 0 N–H and O–H groups in total. The van der Waals surface area contributed by atoms with Crippen LogP contribution in [0.15, 0.2) is 30.3 Å². The molecule has 1 aromatic carbocycles. The summed E-state index contributed by atoms with van der Waals surface area (Å²) in [7, 11) is 0. The molecule has 0 spiro atoms. The van der Waals surface area contributed by atoms with E-state index in [0.29, 0.717) is 5.69 Å². The van der Waals surface area contributed by atoms with Crippen molar-refractivity contribution in [1.29, 1.82) is 0 Å². The lowest BCUT2D eigenvalue weighted by molar-refractivity contribution is -0.355. The standard InChI is InChI=1S/C8H9NO/c1-2-9(10)8-6-4-3-5-7-8/h2-7H,1H3. The minimum absolute atomic E-state index is 0.671. The Morgan fingerprint density at radius 1 is 1.30 bits per heavy atom. The fourth-order valence-electron chi connectivity index (χ4n) is 0.724. The molecule has 0 fully saturated rings. The van der Waals surface area contributed by atoms with Gasteiger partial charge in [0.25, 0.3) is 0 Å². The highest BCUT2D eigenvalue weighted by Gasteiger charge is 1.93. The lowest BCUT2D eigenvalue weighted by atomic mass is 10.3. The number of para-hydroxylation sites is 1. The summed E-state index contributed by atoms with van der Waals surface area (Å²) < 4.78 is 0.833. The maximum atomic E-state index is 10.9. The Labute approximate surface area is 60.0 Å². The Bertz CT molecular complexity index is 228. The van der Waals surface area contributed by atoms with E-state index in [1.54, 1.807) is 19.1 Å². The second kappa shape index (κ2) is 3.01. The van der Waals surface area contributed by atoms with E-state index in [1.807, 2.05) is 18.2 Å². The molecule has 2 heteroatoms. The summed E-state index contributed by atoms with van der Waals surface area (Å²) in [5.41, 5.74) is 0.671. The Balaban J connectivity index is 2.96. The van der Waals surface area contributed by atoms with Crippen LogP contribution >= 0.6 is 0 Å². The second-order valence-corrected chi connectivity index (χ2v) is 1.92. The molecule has 0 aliphatic heterocycles. The first-order valence-electron chi connectivity index (χ1n) is 3.15. The molecule has 0 heterocycles. The van der Waals surface area contributed by atoms with Crippen molar-refractivity contribution in [1.82, 2.24) is 0 Å². The largest absolute Gasteiger partial charge is 0.619 e. The summed E-state index contributed by atoms with van der Waals surface area (Å²) in [6, 6.07) is 9.10. The van der Waals surface area contributed by atoms with Crippen molar-refractivity contribution in [2.75, 3.05) is 0 Å². The lowest BCUT2D eigenvalue weighted by Crippen LogP contribution is -1.92. The summed E-state index contributed by atoms with van der Waals surface area (Å²) in [6.45, 7) is 1.71. The van der Waals surface area contributed by atoms with Crippen LogP contribution in [0.1, 0.15) is 6.92 Å². The van der Waals surface area contributed by atoms with Gasteiger partial charge in [0, 0.05) is 19.1 Å². The molecule has 0 saturated carbocycles. The average Bonchev–Trinajstić information content (AvgIpc) is 2.05. The zero-order valence-electron chi connectivity index (χ0n) is 5.82. The number of hydrogen-bond acceptors (Lipinski definition) is 1. The molecule has 0 aromatic heterocycles. The highest BCUT2D eigenvalue weighted by Crippen LogP contribution is 2.07. The van der Waals surface area contributed by atoms with Gasteiger partial charge in [-0.2, -0.15) is 4.74 Å². The SMILES string of the molecule is CC=[N+]([O-])c1ccccc1. The maximum absolute atomic E-state index is 10.9. The van der Waals surface area contributed by atoms with Gasteiger partial charge in [-0.3, -0.25) is 0 Å². The van der Waals surface area contributed by atoms with Crippen LogP contribution in [0.5, 0.6) is 0 Å². The normalized spacial score (nSPS) is 11.5. The van der Waals surface area contributed by atoms with Gasteiger partial charge in [-0.1, -0.05) is 18.2 Å². The van der Waals surface area contributed by atoms with Gasteiger partial charge in [0.1, 0.15) is 0 Å². The van der Waals surface area contributed by atoms with E-state index in [-0.39, 0.29) is 0 Å². The van der Waals surface area contributed by atoms with Crippen molar-refractivity contribution in [3.05, 3.63) is 35.5 Å². The molecule has 0 unspecified atom stereocenters. The molecular formula is C8H9NO. The minimum Gasteiger partial charge on any atom is -0.619 e. The van der Waals surface area contributed by atoms with Gasteiger partial charge in [0.05, 0.1) is 0 Å². The van der Waals surface area contributed by atoms with Crippen LogP contribution in [0, 0.1) is 5.21 Å². The van der Waals surface area contributed by atoms with Crippen LogP contribution in [0.3, 0.4) is 0 Å². The summed E-state index contributed by atoms with van der Waals surface area (Å²) >= 11 is 0. The third kappa shape index (κ3) is 1.35. The van der Waals surface area contributed by atoms with Gasteiger partial charge < -0.3 is 5.21 Å². The monoisotopic (exact) mass is 135 g/mol. The van der Waals surface area contributed by atoms with E-state index in [0.717, 1.165) is 4.74 Å². The number of nitrogens with zero attached hydrogens (tertiary/aromatic N) is 1. The molecule has 1 aromatic rings. The smallest absolute Gasteiger partial charge is 0.216 e. The Kier molecular flexibility index (Phi) is 2.05. The number of rotatable bonds is 1. The van der Waals surface area contributed by atoms with Crippen LogP contribution in [0.25, 0.3) is 0 Å². The van der Waals surface area contributed by atoms with Crippen molar-refractivity contribution in [3.8, 4) is 0 Å². The van der Waals surface area contributed by atoms with Crippen LogP contribution in [-0.4, -0.2) is 11.0 Å². The fraction of sp³-hybridized carbons (Fsp3) is 0.125. The molecule has 10 heavy (non-hydrogen) atoms. The first kappa shape index (κ1) is 6.81. The summed E-state index contributed by atoms with van der Waals surface area (Å²) in [6.07, 6.45) is 1.48. The third-order valence-electron chi connectivity index (χ3n) is 1.25. The zero-order valence-corrected chi connectivity index (χ0v) is 5.82. The first-order chi connectivity index (χ1) is 4.84. The number of benzene rings is 1. The van der Waals surface area contributed by atoms with E-state index in [2.05, 4.69) is 0 Å². The van der Waals surface area contributed by atoms with Crippen molar-refractivity contribution < 1.29 is 4.74 Å². The van der Waals surface area contributed by atoms with Crippen molar-refractivity contribution in [2.45, 2.75) is 6.92 Å². The van der Waals surface area contributed by atoms with E-state index in [4.69, 9.17) is 0 Å². The molecule has 0 radical (unpaired) electrons. The molecule has 0 amide bonds. The Morgan fingerprint density at radius 2 is 1.90 bits per heavy atom. The van der Waals surface area contributed by atoms with E-state index in [9.17, 15) is 5.21 Å². The van der Waals surface area contributed by atoms with Gasteiger partial charge in [0.15, 0.2) is 6.21 Å². The fourth-order valence-corrected chi connectivity index (χ4v) is 0.724. The van der Waals surface area contributed by atoms with Crippen LogP contribution in [0.2, 0.25) is 0 Å². The van der Waals surface area contributed by atoms with Crippen molar-refractivity contribution in [3.63, 3.8) is 0 Å². The molecular weight excluding hydrogens is 126 g/mol. The highest BCUT2D eigenvalue weighted by molar-refractivity contribution is 5.50. The summed E-state index contributed by atoms with van der Waals surface area (Å²) in [5, 5.41) is 10.9. The Morgan fingerprint density at radius 3 is 2.40 bits per heavy atom. The second-order valence-electron chi connectivity index (χ2n) is 1.92. The van der Waals surface area contributed by atoms with E-state index in [1.165, 1.54) is 6.21 Å². The summed E-state index contributed by atoms with van der Waals surface area (Å²) in [4.78, 5) is 0. The lowest BCUT2D eigenvalue weighted by Gasteiger charge is -1.99. The molecule has 2 nitrogen and oxygen atoms in total. The van der Waals surface area contributed by atoms with Gasteiger partial charge in [-0.05, 0) is 0 Å². The average molecular weight is 135 g/mol. The van der Waals surface area contributed by atoms with E-state index < -0.39 is 0 Å². The molecule has 0 atom stereocenters. The molecule has 0 aliphatic rings. The van der Waals surface area contributed by atoms with Crippen LogP contribution in [-0.2, 0) is 0 Å². The van der Waals surface area contributed by atoms with Crippen molar-refractivity contribution >= 4 is 11.9 Å². The molecule has 0 bridgehead atoms. The molecule has 0 aliphatic carbocycles. The minimum atomic E-state index is 0.671. The molecule has 1 rings (SSSR count). The quantitative estimate of drug-likeness (QED) is 0.250. The van der Waals surface area contributed by atoms with Gasteiger partial charge in [0.2, 0.25) is 5.69 Å². The summed E-state index contributed by atoms with van der Waals surface area (Å²) in [5.74, 6) is 0. The first-order valence-corrected chi connectivity index (χ1v) is 3.15. The van der Waals surface area contributed by atoms with Gasteiger partial charge in [-0.25, -0.2) is 0 Å². The van der Waals surface area contributed by atoms with Crippen LogP contribution < -0.4 is 0 Å². The maximum Gasteiger partial charge on any atom is 0.216 e. The third-order valence-corrected chi connectivity index (χ3v) is 1.25. The predicted octanol–water partition coefficient (Wildman–Crippen LogP) is 1.92.